The third-order valence-electron chi connectivity index (χ3n) is 19.0. The lowest BCUT2D eigenvalue weighted by atomic mass is 9.83. The van der Waals surface area contributed by atoms with Crippen molar-refractivity contribution in [3.05, 3.63) is 69.8 Å². The molecule has 1 saturated carbocycles. The van der Waals surface area contributed by atoms with Crippen molar-refractivity contribution in [1.29, 1.82) is 0 Å². The first-order chi connectivity index (χ1) is 39.7. The molecule has 20 nitrogen and oxygen atoms in total. The maximum absolute atomic E-state index is 15.4. The van der Waals surface area contributed by atoms with Crippen molar-refractivity contribution in [2.75, 3.05) is 13.2 Å². The first-order valence-corrected chi connectivity index (χ1v) is 28.2. The molecule has 2 unspecified atom stereocenters. The van der Waals surface area contributed by atoms with Gasteiger partial charge in [-0.25, -0.2) is 0 Å². The molecule has 0 aromatic heterocycles. The van der Waals surface area contributed by atoms with Crippen LogP contribution in [-0.2, 0) is 70.3 Å². The number of nitrogens with one attached hydrogen (secondary N) is 2. The average molecular weight is 1130 g/mol. The van der Waals surface area contributed by atoms with Crippen LogP contribution < -0.4 is 10.6 Å². The van der Waals surface area contributed by atoms with E-state index < -0.39 is 126 Å². The van der Waals surface area contributed by atoms with Gasteiger partial charge in [0, 0.05) is 74.3 Å². The van der Waals surface area contributed by atoms with E-state index in [1.165, 1.54) is 75.8 Å². The normalized spacial score (nSPS) is 16.4. The van der Waals surface area contributed by atoms with E-state index in [0.717, 1.165) is 43.8 Å². The van der Waals surface area contributed by atoms with Crippen LogP contribution in [0.1, 0.15) is 148 Å². The number of aliphatic carboxylic acids is 6. The predicted octanol–water partition coefficient (Wildman–Crippen LogP) is 8.64. The Balaban J connectivity index is 0.830. The second kappa shape index (κ2) is 19.1. The zero-order valence-electron chi connectivity index (χ0n) is 44.8. The molecule has 0 saturated heterocycles. The minimum absolute atomic E-state index is 0.101. The second-order valence-electron chi connectivity index (χ2n) is 23.8. The summed E-state index contributed by atoms with van der Waals surface area (Å²) in [5, 5.41) is 81.5. The van der Waals surface area contributed by atoms with Crippen molar-refractivity contribution >= 4 is 146 Å². The molecule has 0 spiro atoms. The molecule has 13 rings (SSSR count). The van der Waals surface area contributed by atoms with Gasteiger partial charge in [0.25, 0.3) is 0 Å². The van der Waals surface area contributed by atoms with Crippen LogP contribution in [0.4, 0.5) is 0 Å². The number of rotatable bonds is 30. The summed E-state index contributed by atoms with van der Waals surface area (Å²) in [5.41, 5.74) is 1.25. The molecule has 0 aliphatic heterocycles. The molecular weight excluding hydrogens is 1070 g/mol. The van der Waals surface area contributed by atoms with Crippen LogP contribution in [0.2, 0.25) is 0 Å². The molecule has 8 N–H and O–H groups in total. The second-order valence-corrected chi connectivity index (χ2v) is 23.8. The third-order valence-corrected chi connectivity index (χ3v) is 19.0. The molecule has 426 valence electrons. The summed E-state index contributed by atoms with van der Waals surface area (Å²) < 4.78 is 12.2. The fourth-order valence-electron chi connectivity index (χ4n) is 15.7. The zero-order valence-corrected chi connectivity index (χ0v) is 44.8. The maximum atomic E-state index is 15.4. The molecular formula is C63H56N2O18. The number of carboxylic acid groups (broad SMARTS) is 6. The topological polar surface area (TPSA) is 335 Å². The first-order valence-electron chi connectivity index (χ1n) is 28.2. The summed E-state index contributed by atoms with van der Waals surface area (Å²) in [6.45, 7) is -0.748. The number of benzene rings is 7. The van der Waals surface area contributed by atoms with E-state index in [-0.39, 0.29) is 77.4 Å². The Morgan fingerprint density at radius 2 is 0.687 bits per heavy atom. The highest BCUT2D eigenvalue weighted by atomic mass is 16.6. The Labute approximate surface area is 469 Å². The van der Waals surface area contributed by atoms with Gasteiger partial charge in [0.1, 0.15) is 0 Å². The van der Waals surface area contributed by atoms with Crippen LogP contribution in [0.25, 0.3) is 86.2 Å². The van der Waals surface area contributed by atoms with Crippen LogP contribution >= 0.6 is 0 Å². The van der Waals surface area contributed by atoms with Crippen molar-refractivity contribution in [1.82, 2.24) is 10.6 Å². The summed E-state index contributed by atoms with van der Waals surface area (Å²) in [7, 11) is 0. The largest absolute Gasteiger partial charge is 0.481 e. The summed E-state index contributed by atoms with van der Waals surface area (Å²) in [6, 6.07) is 13.3. The van der Waals surface area contributed by atoms with Crippen LogP contribution in [0.15, 0.2) is 36.4 Å². The molecule has 0 heterocycles. The van der Waals surface area contributed by atoms with Gasteiger partial charge < -0.3 is 50.7 Å². The van der Waals surface area contributed by atoms with Gasteiger partial charge >= 0.3 is 47.8 Å². The Hall–Kier alpha value is -8.94. The standard InChI is InChI=1S/C63H56N2O18/c66-35(64-61(13-7-37(68)69,14-8-38(70)71)15-9-39(72)73)3-1-19-82-59(80)63(60(81)83-20-2-4-36(67)65-62(16-10-40(74)75,17-11-41(76)77)18-12-42(78)79)57-33-25-31-23-29-21-27-5-6-28-22-30-24-32-26-34(58(57)63)50-49(33)53-47(31)45(29)51-43(27)44(28)52-46(30)48(32)54(50)56(53)55(51)52/h5-6,21-22,25-26,57-58H,1-4,7-20,23-24H2,(H,64,66)(H,65,67)(H,68,69)(H,70,71)(H,72,73)(H,74,75)(H,76,77)(H,78,79). The highest BCUT2D eigenvalue weighted by Crippen LogP contribution is 2.77. The summed E-state index contributed by atoms with van der Waals surface area (Å²) in [4.78, 5) is 128. The number of hydrogen-bond donors (Lipinski definition) is 8. The van der Waals surface area contributed by atoms with Gasteiger partial charge in [-0.1, -0.05) is 36.4 Å². The number of esters is 2. The number of fused-ring (bicyclic) bond motifs is 3. The van der Waals surface area contributed by atoms with E-state index in [1.54, 1.807) is 0 Å². The quantitative estimate of drug-likeness (QED) is 0.00903. The van der Waals surface area contributed by atoms with Crippen molar-refractivity contribution in [3.63, 3.8) is 0 Å². The van der Waals surface area contributed by atoms with E-state index in [0.29, 0.717) is 12.8 Å². The molecule has 2 atom stereocenters. The predicted molar refractivity (Wildman–Crippen MR) is 299 cm³/mol. The highest BCUT2D eigenvalue weighted by molar-refractivity contribution is 6.58. The van der Waals surface area contributed by atoms with Crippen LogP contribution in [0.3, 0.4) is 0 Å². The zero-order chi connectivity index (χ0) is 58.3. The summed E-state index contributed by atoms with van der Waals surface area (Å²) in [6.07, 6.45) is -3.89. The first kappa shape index (κ1) is 53.4. The number of amides is 2. The van der Waals surface area contributed by atoms with Crippen LogP contribution in [0, 0.1) is 5.41 Å². The van der Waals surface area contributed by atoms with E-state index in [1.807, 2.05) is 0 Å². The van der Waals surface area contributed by atoms with E-state index in [4.69, 9.17) is 9.47 Å². The molecule has 4 aliphatic carbocycles. The van der Waals surface area contributed by atoms with Crippen LogP contribution in [0.5, 0.6) is 0 Å². The molecule has 4 aliphatic rings. The number of hydrogen-bond acceptors (Lipinski definition) is 12. The van der Waals surface area contributed by atoms with Gasteiger partial charge in [0.2, 0.25) is 11.8 Å². The SMILES string of the molecule is O=C(O)CCC(CCC(=O)O)(CCC(=O)O)NC(=O)CCCOC(=O)C1(C(=O)OCCCC(=O)NC(CCC(=O)O)(CCC(=O)O)CCC(=O)O)C2c3cc4c5c6c(cc7ccc8cc9c%10c%11c(cc(c%12c3c5c(c%12%11)c3c6c7c8c%103)C21)C9)C4. The van der Waals surface area contributed by atoms with Gasteiger partial charge in [0.15, 0.2) is 5.41 Å². The van der Waals surface area contributed by atoms with Crippen molar-refractivity contribution in [2.24, 2.45) is 5.41 Å². The molecule has 1 fully saturated rings. The number of ether oxygens (including phenoxy) is 2. The van der Waals surface area contributed by atoms with E-state index in [9.17, 15) is 69.0 Å². The Morgan fingerprint density at radius 1 is 0.398 bits per heavy atom. The van der Waals surface area contributed by atoms with Gasteiger partial charge in [0.05, 0.1) is 13.2 Å². The highest BCUT2D eigenvalue weighted by Gasteiger charge is 2.79. The molecule has 0 radical (unpaired) electrons. The Morgan fingerprint density at radius 3 is 1.00 bits per heavy atom. The van der Waals surface area contributed by atoms with Gasteiger partial charge in [-0.05, 0) is 184 Å². The molecule has 9 aromatic carbocycles. The smallest absolute Gasteiger partial charge is 0.324 e. The molecule has 83 heavy (non-hydrogen) atoms. The van der Waals surface area contributed by atoms with Crippen LogP contribution in [-0.4, -0.2) is 114 Å². The Bertz CT molecular complexity index is 3970. The summed E-state index contributed by atoms with van der Waals surface area (Å²) in [5.74, 6) is -12.0. The number of carbonyl (C=O) groups is 10. The fraction of sp³-hybridized carbons (Fsp3) is 0.397. The molecule has 0 bridgehead atoms. The van der Waals surface area contributed by atoms with Crippen molar-refractivity contribution < 1.29 is 88.1 Å². The van der Waals surface area contributed by atoms with E-state index >= 15 is 9.59 Å². The molecule has 2 amide bonds. The third kappa shape index (κ3) is 8.05. The molecule has 9 aromatic rings. The minimum Gasteiger partial charge on any atom is -0.481 e. The number of carboxylic acids is 6. The van der Waals surface area contributed by atoms with E-state index in [2.05, 4.69) is 47.0 Å². The average Bonchev–Trinajstić information content (AvgIpc) is 1.46. The van der Waals surface area contributed by atoms with Crippen molar-refractivity contribution in [2.45, 2.75) is 138 Å². The lowest BCUT2D eigenvalue weighted by molar-refractivity contribution is -0.166. The lowest BCUT2D eigenvalue weighted by Crippen LogP contribution is -2.49. The Kier molecular flexibility index (Phi) is 12.3. The number of carbonyl (C=O) groups excluding carboxylic acids is 4. The maximum Gasteiger partial charge on any atom is 0.324 e. The van der Waals surface area contributed by atoms with Crippen molar-refractivity contribution in [3.8, 4) is 0 Å². The fourth-order valence-corrected chi connectivity index (χ4v) is 15.7. The van der Waals surface area contributed by atoms with Gasteiger partial charge in [-0.3, -0.25) is 47.9 Å². The summed E-state index contributed by atoms with van der Waals surface area (Å²) >= 11 is 0. The minimum atomic E-state index is -1.96. The van der Waals surface area contributed by atoms with Gasteiger partial charge in [-0.15, -0.1) is 0 Å². The lowest BCUT2D eigenvalue weighted by Gasteiger charge is -2.34. The molecule has 20 heteroatoms. The monoisotopic (exact) mass is 1130 g/mol. The van der Waals surface area contributed by atoms with Gasteiger partial charge in [-0.2, -0.15) is 0 Å².